The van der Waals surface area contributed by atoms with Gasteiger partial charge < -0.3 is 9.80 Å². The molecule has 4 bridgehead atoms. The van der Waals surface area contributed by atoms with Crippen LogP contribution < -0.4 is 0 Å². The van der Waals surface area contributed by atoms with E-state index in [4.69, 9.17) is 0 Å². The number of nitrogens with zero attached hydrogens (tertiary/aromatic N) is 2. The molecule has 8 rings (SSSR count). The van der Waals surface area contributed by atoms with Crippen molar-refractivity contribution < 1.29 is 9.59 Å². The molecule has 0 N–H and O–H groups in total. The molecule has 162 valence electrons. The van der Waals surface area contributed by atoms with Crippen LogP contribution in [0, 0.1) is 11.8 Å². The number of fused-ring (bicyclic) bond motifs is 6. The number of piperidine rings is 6. The number of allylic oxidation sites excluding steroid dienone is 2. The van der Waals surface area contributed by atoms with Crippen molar-refractivity contribution >= 4 is 23.7 Å². The highest BCUT2D eigenvalue weighted by Gasteiger charge is 2.37. The summed E-state index contributed by atoms with van der Waals surface area (Å²) in [6, 6.07) is 16.9. The van der Waals surface area contributed by atoms with E-state index in [1.165, 1.54) is 0 Å². The minimum absolute atomic E-state index is 0.231. The summed E-state index contributed by atoms with van der Waals surface area (Å²) in [5, 5.41) is 0. The number of ketones is 2. The predicted molar refractivity (Wildman–Crippen MR) is 126 cm³/mol. The number of carbonyl (C=O) groups is 2. The van der Waals surface area contributed by atoms with Crippen molar-refractivity contribution in [3.8, 4) is 11.1 Å². The Hall–Kier alpha value is -3.14. The molecule has 6 aliphatic rings. The average molecular weight is 425 g/mol. The van der Waals surface area contributed by atoms with E-state index in [0.29, 0.717) is 11.6 Å². The fourth-order valence-electron chi connectivity index (χ4n) is 5.68. The Bertz CT molecular complexity index is 1020. The van der Waals surface area contributed by atoms with Crippen LogP contribution in [-0.4, -0.2) is 47.5 Å². The lowest BCUT2D eigenvalue weighted by molar-refractivity contribution is -0.126. The molecule has 6 aliphatic heterocycles. The molecule has 32 heavy (non-hydrogen) atoms. The monoisotopic (exact) mass is 424 g/mol. The van der Waals surface area contributed by atoms with E-state index in [1.807, 2.05) is 0 Å². The van der Waals surface area contributed by atoms with Gasteiger partial charge in [-0.2, -0.15) is 0 Å². The van der Waals surface area contributed by atoms with Gasteiger partial charge in [0.1, 0.15) is 0 Å². The molecule has 2 aromatic rings. The van der Waals surface area contributed by atoms with Crippen LogP contribution in [0.25, 0.3) is 23.3 Å². The molecule has 0 amide bonds. The Morgan fingerprint density at radius 1 is 0.562 bits per heavy atom. The van der Waals surface area contributed by atoms with Crippen LogP contribution in [0.4, 0.5) is 0 Å². The van der Waals surface area contributed by atoms with Gasteiger partial charge in [0, 0.05) is 38.0 Å². The highest BCUT2D eigenvalue weighted by atomic mass is 16.1. The maximum atomic E-state index is 12.6. The normalized spacial score (nSPS) is 23.8. The predicted octanol–water partition coefficient (Wildman–Crippen LogP) is 4.62. The summed E-state index contributed by atoms with van der Waals surface area (Å²) in [6.07, 6.45) is 8.14. The average Bonchev–Trinajstić information content (AvgIpc) is 2.85. The summed E-state index contributed by atoms with van der Waals surface area (Å²) in [6.45, 7) is 4.03. The van der Waals surface area contributed by atoms with Crippen LogP contribution in [0.2, 0.25) is 0 Å². The van der Waals surface area contributed by atoms with Gasteiger partial charge in [0.05, 0.1) is 11.4 Å². The first-order chi connectivity index (χ1) is 15.7. The van der Waals surface area contributed by atoms with Crippen LogP contribution in [0.15, 0.2) is 59.9 Å². The third-order valence-corrected chi connectivity index (χ3v) is 7.68. The van der Waals surface area contributed by atoms with Crippen molar-refractivity contribution in [2.24, 2.45) is 11.8 Å². The molecule has 0 radical (unpaired) electrons. The van der Waals surface area contributed by atoms with E-state index < -0.39 is 0 Å². The van der Waals surface area contributed by atoms with Crippen molar-refractivity contribution in [1.29, 1.82) is 0 Å². The minimum Gasteiger partial charge on any atom is -0.369 e. The highest BCUT2D eigenvalue weighted by molar-refractivity contribution is 6.02. The Balaban J connectivity index is 1.20. The van der Waals surface area contributed by atoms with Crippen molar-refractivity contribution in [2.45, 2.75) is 25.7 Å². The van der Waals surface area contributed by atoms with Crippen LogP contribution in [0.3, 0.4) is 0 Å². The number of carbonyl (C=O) groups excluding carboxylic acids is 2. The molecule has 6 fully saturated rings. The smallest absolute Gasteiger partial charge is 0.182 e. The largest absolute Gasteiger partial charge is 0.369 e. The topological polar surface area (TPSA) is 40.6 Å². The lowest BCUT2D eigenvalue weighted by atomic mass is 9.84. The maximum absolute atomic E-state index is 12.6. The van der Waals surface area contributed by atoms with Crippen molar-refractivity contribution in [2.75, 3.05) is 26.2 Å². The fraction of sp³-hybridized carbons (Fsp3) is 0.357. The third-order valence-electron chi connectivity index (χ3n) is 7.68. The van der Waals surface area contributed by atoms with Gasteiger partial charge in [0.15, 0.2) is 11.6 Å². The number of benzene rings is 2. The molecule has 4 heteroatoms. The summed E-state index contributed by atoms with van der Waals surface area (Å²) in [7, 11) is 0. The van der Waals surface area contributed by atoms with Crippen LogP contribution in [0.5, 0.6) is 0 Å². The second-order valence-electron chi connectivity index (χ2n) is 9.55. The van der Waals surface area contributed by atoms with Crippen LogP contribution in [-0.2, 0) is 9.59 Å². The van der Waals surface area contributed by atoms with Crippen molar-refractivity contribution in [1.82, 2.24) is 9.80 Å². The van der Waals surface area contributed by atoms with Gasteiger partial charge in [-0.15, -0.1) is 0 Å². The zero-order chi connectivity index (χ0) is 21.7. The van der Waals surface area contributed by atoms with E-state index >= 15 is 0 Å². The second-order valence-corrected chi connectivity index (χ2v) is 9.55. The molecular formula is C28H28N2O2. The summed E-state index contributed by atoms with van der Waals surface area (Å²) < 4.78 is 0. The van der Waals surface area contributed by atoms with E-state index in [0.717, 1.165) is 85.5 Å². The molecule has 6 heterocycles. The Kier molecular flexibility index (Phi) is 4.74. The third kappa shape index (κ3) is 3.38. The first-order valence-electron chi connectivity index (χ1n) is 11.9. The lowest BCUT2D eigenvalue weighted by Gasteiger charge is -2.41. The van der Waals surface area contributed by atoms with Crippen molar-refractivity contribution in [3.63, 3.8) is 0 Å². The van der Waals surface area contributed by atoms with E-state index in [-0.39, 0.29) is 11.8 Å². The first kappa shape index (κ1) is 19.5. The first-order valence-corrected chi connectivity index (χ1v) is 11.9. The number of hydrogen-bond donors (Lipinski definition) is 0. The van der Waals surface area contributed by atoms with E-state index in [2.05, 4.69) is 70.5 Å². The molecule has 0 atom stereocenters. The standard InChI is InChI=1S/C28H28N2O2/c31-27-23-9-13-29(14-10-23)25(27)17-19-1-5-21(6-2-19)22-7-3-20(4-8-22)18-26-28(32)24-11-15-30(26)16-12-24/h1-8,17-18,23-24H,9-16H2. The molecule has 2 aromatic carbocycles. The summed E-state index contributed by atoms with van der Waals surface area (Å²) >= 11 is 0. The van der Waals surface area contributed by atoms with Gasteiger partial charge in [-0.1, -0.05) is 48.5 Å². The summed E-state index contributed by atoms with van der Waals surface area (Å²) in [4.78, 5) is 29.6. The van der Waals surface area contributed by atoms with Crippen LogP contribution >= 0.6 is 0 Å². The Morgan fingerprint density at radius 2 is 0.906 bits per heavy atom. The Labute approximate surface area is 189 Å². The van der Waals surface area contributed by atoms with Gasteiger partial charge in [0.2, 0.25) is 0 Å². The zero-order valence-corrected chi connectivity index (χ0v) is 18.3. The van der Waals surface area contributed by atoms with Gasteiger partial charge in [-0.25, -0.2) is 0 Å². The molecule has 0 aliphatic carbocycles. The second kappa shape index (κ2) is 7.77. The Morgan fingerprint density at radius 3 is 1.22 bits per heavy atom. The number of Topliss-reactive ketones (excluding diaryl/α,β-unsaturated/α-hetero) is 2. The summed E-state index contributed by atoms with van der Waals surface area (Å²) in [5.74, 6) is 1.10. The van der Waals surface area contributed by atoms with Gasteiger partial charge in [0.25, 0.3) is 0 Å². The lowest BCUT2D eigenvalue weighted by Crippen LogP contribution is -2.45. The molecule has 0 unspecified atom stereocenters. The quantitative estimate of drug-likeness (QED) is 0.674. The van der Waals surface area contributed by atoms with Gasteiger partial charge in [-0.05, 0) is 60.1 Å². The summed E-state index contributed by atoms with van der Waals surface area (Å²) in [5.41, 5.74) is 6.23. The zero-order valence-electron chi connectivity index (χ0n) is 18.3. The van der Waals surface area contributed by atoms with Crippen molar-refractivity contribution in [3.05, 3.63) is 71.1 Å². The maximum Gasteiger partial charge on any atom is 0.182 e. The molecule has 6 saturated heterocycles. The molecule has 0 saturated carbocycles. The van der Waals surface area contributed by atoms with Gasteiger partial charge in [-0.3, -0.25) is 9.59 Å². The number of rotatable bonds is 3. The molecule has 4 nitrogen and oxygen atoms in total. The molecular weight excluding hydrogens is 396 g/mol. The molecule has 0 spiro atoms. The number of hydrogen-bond acceptors (Lipinski definition) is 4. The minimum atomic E-state index is 0.231. The molecule has 0 aromatic heterocycles. The SMILES string of the molecule is O=C1C(=Cc2ccc(-c3ccc(C=C4C(=O)C5CCN4CC5)cc3)cc2)N2CCC1CC2. The van der Waals surface area contributed by atoms with E-state index in [9.17, 15) is 9.59 Å². The van der Waals surface area contributed by atoms with E-state index in [1.54, 1.807) is 0 Å². The highest BCUT2D eigenvalue weighted by Crippen LogP contribution is 2.34. The van der Waals surface area contributed by atoms with Gasteiger partial charge >= 0.3 is 0 Å². The fourth-order valence-corrected chi connectivity index (χ4v) is 5.68. The van der Waals surface area contributed by atoms with Crippen LogP contribution in [0.1, 0.15) is 36.8 Å².